The number of ether oxygens (including phenoxy) is 1. The SMILES string of the molecule is CN(CC1CCCO1)C(=O)C1CCCC1N. The Balaban J connectivity index is 1.83. The fourth-order valence-electron chi connectivity index (χ4n) is 2.76. The highest BCUT2D eigenvalue weighted by atomic mass is 16.5. The molecule has 0 bridgehead atoms. The van der Waals surface area contributed by atoms with Crippen LogP contribution in [0, 0.1) is 5.92 Å². The molecular formula is C12H22N2O2. The molecular weight excluding hydrogens is 204 g/mol. The van der Waals surface area contributed by atoms with Crippen LogP contribution in [0.2, 0.25) is 0 Å². The Hall–Kier alpha value is -0.610. The molecule has 0 aromatic heterocycles. The molecule has 0 aromatic carbocycles. The molecule has 92 valence electrons. The molecule has 2 rings (SSSR count). The lowest BCUT2D eigenvalue weighted by atomic mass is 10.0. The van der Waals surface area contributed by atoms with E-state index in [2.05, 4.69) is 0 Å². The zero-order valence-electron chi connectivity index (χ0n) is 10.0. The molecule has 0 aromatic rings. The number of amides is 1. The van der Waals surface area contributed by atoms with Gasteiger partial charge in [0.1, 0.15) is 0 Å². The summed E-state index contributed by atoms with van der Waals surface area (Å²) in [7, 11) is 1.87. The molecule has 2 N–H and O–H groups in total. The fourth-order valence-corrected chi connectivity index (χ4v) is 2.76. The van der Waals surface area contributed by atoms with Crippen molar-refractivity contribution < 1.29 is 9.53 Å². The summed E-state index contributed by atoms with van der Waals surface area (Å²) in [6.07, 6.45) is 5.47. The van der Waals surface area contributed by atoms with Crippen molar-refractivity contribution in [3.63, 3.8) is 0 Å². The van der Waals surface area contributed by atoms with Gasteiger partial charge in [-0.05, 0) is 25.7 Å². The van der Waals surface area contributed by atoms with Crippen molar-refractivity contribution in [2.45, 2.75) is 44.2 Å². The number of carbonyl (C=O) groups excluding carboxylic acids is 1. The molecule has 4 nitrogen and oxygen atoms in total. The Kier molecular flexibility index (Phi) is 3.82. The van der Waals surface area contributed by atoms with Gasteiger partial charge in [-0.25, -0.2) is 0 Å². The van der Waals surface area contributed by atoms with Crippen LogP contribution < -0.4 is 5.73 Å². The van der Waals surface area contributed by atoms with Crippen molar-refractivity contribution in [1.82, 2.24) is 4.90 Å². The lowest BCUT2D eigenvalue weighted by Crippen LogP contribution is -2.42. The first-order valence-corrected chi connectivity index (χ1v) is 6.30. The molecule has 2 fully saturated rings. The third-order valence-electron chi connectivity index (χ3n) is 3.76. The highest BCUT2D eigenvalue weighted by Gasteiger charge is 2.33. The lowest BCUT2D eigenvalue weighted by Gasteiger charge is -2.25. The third-order valence-corrected chi connectivity index (χ3v) is 3.76. The van der Waals surface area contributed by atoms with Crippen molar-refractivity contribution in [2.24, 2.45) is 11.7 Å². The number of nitrogens with two attached hydrogens (primary N) is 1. The Morgan fingerprint density at radius 2 is 2.19 bits per heavy atom. The molecule has 16 heavy (non-hydrogen) atoms. The standard InChI is InChI=1S/C12H22N2O2/c1-14(8-9-4-3-7-16-9)12(15)10-5-2-6-11(10)13/h9-11H,2-8,13H2,1H3. The zero-order chi connectivity index (χ0) is 11.5. The first-order chi connectivity index (χ1) is 7.68. The van der Waals surface area contributed by atoms with Crippen molar-refractivity contribution in [1.29, 1.82) is 0 Å². The third kappa shape index (κ3) is 2.55. The summed E-state index contributed by atoms with van der Waals surface area (Å²) in [5, 5.41) is 0. The molecule has 3 unspecified atom stereocenters. The number of hydrogen-bond acceptors (Lipinski definition) is 3. The van der Waals surface area contributed by atoms with E-state index in [1.54, 1.807) is 0 Å². The Bertz CT molecular complexity index is 251. The summed E-state index contributed by atoms with van der Waals surface area (Å²) in [6, 6.07) is 0.0689. The number of likely N-dealkylation sites (N-methyl/N-ethyl adjacent to an activating group) is 1. The fraction of sp³-hybridized carbons (Fsp3) is 0.917. The van der Waals surface area contributed by atoms with E-state index in [0.717, 1.165) is 45.3 Å². The molecule has 1 saturated heterocycles. The molecule has 1 amide bonds. The van der Waals surface area contributed by atoms with Crippen LogP contribution in [0.4, 0.5) is 0 Å². The van der Waals surface area contributed by atoms with Crippen LogP contribution in [-0.4, -0.2) is 43.2 Å². The number of rotatable bonds is 3. The predicted octanol–water partition coefficient (Wildman–Crippen LogP) is 0.751. The van der Waals surface area contributed by atoms with Crippen LogP contribution in [0.25, 0.3) is 0 Å². The van der Waals surface area contributed by atoms with Gasteiger partial charge in [-0.2, -0.15) is 0 Å². The van der Waals surface area contributed by atoms with Crippen molar-refractivity contribution in [3.8, 4) is 0 Å². The molecule has 1 heterocycles. The van der Waals surface area contributed by atoms with Crippen molar-refractivity contribution in [2.75, 3.05) is 20.2 Å². The van der Waals surface area contributed by atoms with Crippen LogP contribution in [0.3, 0.4) is 0 Å². The van der Waals surface area contributed by atoms with E-state index >= 15 is 0 Å². The van der Waals surface area contributed by atoms with Gasteiger partial charge in [0.05, 0.1) is 12.0 Å². The maximum atomic E-state index is 12.1. The van der Waals surface area contributed by atoms with Crippen molar-refractivity contribution in [3.05, 3.63) is 0 Å². The number of hydrogen-bond donors (Lipinski definition) is 1. The van der Waals surface area contributed by atoms with E-state index in [-0.39, 0.29) is 24.0 Å². The Labute approximate surface area is 97.1 Å². The summed E-state index contributed by atoms with van der Waals surface area (Å²) >= 11 is 0. The van der Waals surface area contributed by atoms with Gasteiger partial charge in [0.15, 0.2) is 0 Å². The number of nitrogens with zero attached hydrogens (tertiary/aromatic N) is 1. The van der Waals surface area contributed by atoms with Gasteiger partial charge in [-0.15, -0.1) is 0 Å². The molecule has 0 spiro atoms. The second-order valence-corrected chi connectivity index (χ2v) is 5.06. The van der Waals surface area contributed by atoms with E-state index in [4.69, 9.17) is 10.5 Å². The zero-order valence-corrected chi connectivity index (χ0v) is 10.0. The highest BCUT2D eigenvalue weighted by molar-refractivity contribution is 5.79. The molecule has 2 aliphatic rings. The van der Waals surface area contributed by atoms with Gasteiger partial charge in [0.2, 0.25) is 5.91 Å². The molecule has 1 aliphatic carbocycles. The number of carbonyl (C=O) groups is 1. The second kappa shape index (κ2) is 5.15. The van der Waals surface area contributed by atoms with Crippen LogP contribution >= 0.6 is 0 Å². The van der Waals surface area contributed by atoms with Crippen molar-refractivity contribution >= 4 is 5.91 Å². The topological polar surface area (TPSA) is 55.6 Å². The molecule has 0 radical (unpaired) electrons. The predicted molar refractivity (Wildman–Crippen MR) is 61.9 cm³/mol. The first-order valence-electron chi connectivity index (χ1n) is 6.30. The van der Waals surface area contributed by atoms with E-state index in [0.29, 0.717) is 0 Å². The van der Waals surface area contributed by atoms with Crippen LogP contribution in [-0.2, 0) is 9.53 Å². The highest BCUT2D eigenvalue weighted by Crippen LogP contribution is 2.26. The van der Waals surface area contributed by atoms with Gasteiger partial charge >= 0.3 is 0 Å². The van der Waals surface area contributed by atoms with E-state index in [1.165, 1.54) is 0 Å². The summed E-state index contributed by atoms with van der Waals surface area (Å²) in [6.45, 7) is 1.57. The van der Waals surface area contributed by atoms with Crippen LogP contribution in [0.1, 0.15) is 32.1 Å². The normalized spacial score (nSPS) is 34.2. The smallest absolute Gasteiger partial charge is 0.227 e. The molecule has 4 heteroatoms. The summed E-state index contributed by atoms with van der Waals surface area (Å²) in [5.74, 6) is 0.256. The van der Waals surface area contributed by atoms with Gasteiger partial charge in [-0.1, -0.05) is 6.42 Å². The first kappa shape index (κ1) is 11.9. The summed E-state index contributed by atoms with van der Waals surface area (Å²) in [4.78, 5) is 13.9. The maximum absolute atomic E-state index is 12.1. The minimum absolute atomic E-state index is 0.0476. The quantitative estimate of drug-likeness (QED) is 0.772. The summed E-state index contributed by atoms with van der Waals surface area (Å²) < 4.78 is 5.54. The van der Waals surface area contributed by atoms with Gasteiger partial charge in [0.25, 0.3) is 0 Å². The Morgan fingerprint density at radius 1 is 1.38 bits per heavy atom. The van der Waals surface area contributed by atoms with E-state index < -0.39 is 0 Å². The van der Waals surface area contributed by atoms with Gasteiger partial charge < -0.3 is 15.4 Å². The average molecular weight is 226 g/mol. The molecule has 1 aliphatic heterocycles. The Morgan fingerprint density at radius 3 is 2.75 bits per heavy atom. The monoisotopic (exact) mass is 226 g/mol. The van der Waals surface area contributed by atoms with Crippen LogP contribution in [0.15, 0.2) is 0 Å². The molecule has 3 atom stereocenters. The second-order valence-electron chi connectivity index (χ2n) is 5.06. The minimum atomic E-state index is 0.0476. The minimum Gasteiger partial charge on any atom is -0.376 e. The van der Waals surface area contributed by atoms with Gasteiger partial charge in [0, 0.05) is 26.2 Å². The largest absolute Gasteiger partial charge is 0.376 e. The van der Waals surface area contributed by atoms with E-state index in [1.807, 2.05) is 11.9 Å². The molecule has 1 saturated carbocycles. The lowest BCUT2D eigenvalue weighted by molar-refractivity contribution is -0.135. The maximum Gasteiger partial charge on any atom is 0.227 e. The average Bonchev–Trinajstić information content (AvgIpc) is 2.88. The van der Waals surface area contributed by atoms with Crippen LogP contribution in [0.5, 0.6) is 0 Å². The summed E-state index contributed by atoms with van der Waals surface area (Å²) in [5.41, 5.74) is 5.95. The van der Waals surface area contributed by atoms with Gasteiger partial charge in [-0.3, -0.25) is 4.79 Å². The van der Waals surface area contributed by atoms with E-state index in [9.17, 15) is 4.79 Å².